The molecule has 1 aliphatic heterocycles. The first-order valence-electron chi connectivity index (χ1n) is 6.24. The summed E-state index contributed by atoms with van der Waals surface area (Å²) in [6.07, 6.45) is 4.50. The third kappa shape index (κ3) is 3.70. The van der Waals surface area contributed by atoms with Crippen LogP contribution in [0, 0.1) is 5.92 Å². The molecule has 1 aromatic rings. The Morgan fingerprint density at radius 2 is 2.50 bits per heavy atom. The van der Waals surface area contributed by atoms with Gasteiger partial charge in [0.1, 0.15) is 12.0 Å². The number of likely N-dealkylation sites (tertiary alicyclic amines) is 1. The number of aldehydes is 1. The number of furan rings is 1. The fourth-order valence-corrected chi connectivity index (χ4v) is 2.20. The number of nitrogens with zero attached hydrogens (tertiary/aromatic N) is 1. The smallest absolute Gasteiger partial charge is 0.234 e. The van der Waals surface area contributed by atoms with Crippen LogP contribution in [0.3, 0.4) is 0 Å². The zero-order valence-corrected chi connectivity index (χ0v) is 10.3. The third-order valence-corrected chi connectivity index (χ3v) is 3.14. The van der Waals surface area contributed by atoms with Crippen LogP contribution in [0.25, 0.3) is 0 Å². The molecule has 0 bridgehead atoms. The molecule has 1 aromatic heterocycles. The van der Waals surface area contributed by atoms with Gasteiger partial charge in [0.15, 0.2) is 0 Å². The molecule has 2 heterocycles. The molecule has 1 N–H and O–H groups in total. The van der Waals surface area contributed by atoms with Crippen molar-refractivity contribution in [2.45, 2.75) is 19.4 Å². The van der Waals surface area contributed by atoms with Gasteiger partial charge < -0.3 is 14.5 Å². The van der Waals surface area contributed by atoms with Gasteiger partial charge in [0, 0.05) is 12.5 Å². The van der Waals surface area contributed by atoms with Crippen LogP contribution in [-0.2, 0) is 16.1 Å². The highest BCUT2D eigenvalue weighted by Gasteiger charge is 2.20. The molecule has 0 radical (unpaired) electrons. The lowest BCUT2D eigenvalue weighted by Crippen LogP contribution is -2.42. The minimum atomic E-state index is -0.0297. The first-order valence-corrected chi connectivity index (χ1v) is 6.24. The maximum atomic E-state index is 11.7. The topological polar surface area (TPSA) is 62.6 Å². The van der Waals surface area contributed by atoms with Crippen LogP contribution in [0.1, 0.15) is 18.6 Å². The molecule has 0 spiro atoms. The quantitative estimate of drug-likeness (QED) is 0.785. The van der Waals surface area contributed by atoms with E-state index >= 15 is 0 Å². The predicted octanol–water partition coefficient (Wildman–Crippen LogP) is 0.807. The SMILES string of the molecule is O=CC1CCCN(CC(=O)NCc2ccco2)C1. The monoisotopic (exact) mass is 250 g/mol. The Kier molecular flexibility index (Phi) is 4.52. The Hall–Kier alpha value is -1.62. The summed E-state index contributed by atoms with van der Waals surface area (Å²) in [5.74, 6) is 0.794. The van der Waals surface area contributed by atoms with Crippen molar-refractivity contribution in [2.75, 3.05) is 19.6 Å². The summed E-state index contributed by atoms with van der Waals surface area (Å²) in [5.41, 5.74) is 0. The van der Waals surface area contributed by atoms with Crippen LogP contribution in [0.5, 0.6) is 0 Å². The van der Waals surface area contributed by atoms with Crippen molar-refractivity contribution < 1.29 is 14.0 Å². The van der Waals surface area contributed by atoms with Crippen LogP contribution >= 0.6 is 0 Å². The molecule has 1 saturated heterocycles. The lowest BCUT2D eigenvalue weighted by molar-refractivity contribution is -0.123. The number of rotatable bonds is 5. The highest BCUT2D eigenvalue weighted by atomic mass is 16.3. The minimum Gasteiger partial charge on any atom is -0.467 e. The highest BCUT2D eigenvalue weighted by Crippen LogP contribution is 2.13. The van der Waals surface area contributed by atoms with Crippen LogP contribution in [0.15, 0.2) is 22.8 Å². The van der Waals surface area contributed by atoms with E-state index in [1.165, 1.54) is 0 Å². The van der Waals surface area contributed by atoms with Gasteiger partial charge in [-0.1, -0.05) is 0 Å². The van der Waals surface area contributed by atoms with Crippen molar-refractivity contribution in [2.24, 2.45) is 5.92 Å². The molecular formula is C13H18N2O3. The third-order valence-electron chi connectivity index (χ3n) is 3.14. The Balaban J connectivity index is 1.71. The van der Waals surface area contributed by atoms with Crippen molar-refractivity contribution in [3.05, 3.63) is 24.2 Å². The van der Waals surface area contributed by atoms with Crippen molar-refractivity contribution in [3.63, 3.8) is 0 Å². The number of carbonyl (C=O) groups excluding carboxylic acids is 2. The van der Waals surface area contributed by atoms with E-state index in [-0.39, 0.29) is 11.8 Å². The molecular weight excluding hydrogens is 232 g/mol. The minimum absolute atomic E-state index is 0.0297. The van der Waals surface area contributed by atoms with Gasteiger partial charge in [-0.25, -0.2) is 0 Å². The fourth-order valence-electron chi connectivity index (χ4n) is 2.20. The van der Waals surface area contributed by atoms with Crippen LogP contribution < -0.4 is 5.32 Å². The standard InChI is InChI=1S/C13H18N2O3/c16-10-11-3-1-5-15(8-11)9-13(17)14-7-12-4-2-6-18-12/h2,4,6,10-11H,1,3,5,7-9H2,(H,14,17). The van der Waals surface area contributed by atoms with E-state index in [0.717, 1.165) is 31.4 Å². The molecule has 1 aliphatic rings. The first-order chi connectivity index (χ1) is 8.78. The lowest BCUT2D eigenvalue weighted by Gasteiger charge is -2.29. The summed E-state index contributed by atoms with van der Waals surface area (Å²) >= 11 is 0. The Morgan fingerprint density at radius 1 is 1.61 bits per heavy atom. The van der Waals surface area contributed by atoms with Crippen LogP contribution in [0.2, 0.25) is 0 Å². The number of hydrogen-bond donors (Lipinski definition) is 1. The summed E-state index contributed by atoms with van der Waals surface area (Å²) in [6.45, 7) is 2.35. The molecule has 0 aromatic carbocycles. The van der Waals surface area contributed by atoms with E-state index in [1.807, 2.05) is 11.0 Å². The number of piperidine rings is 1. The molecule has 2 rings (SSSR count). The molecule has 5 heteroatoms. The van der Waals surface area contributed by atoms with E-state index in [2.05, 4.69) is 5.32 Å². The maximum Gasteiger partial charge on any atom is 0.234 e. The van der Waals surface area contributed by atoms with Gasteiger partial charge >= 0.3 is 0 Å². The van der Waals surface area contributed by atoms with Gasteiger partial charge in [-0.15, -0.1) is 0 Å². The molecule has 1 fully saturated rings. The number of hydrogen-bond acceptors (Lipinski definition) is 4. The molecule has 98 valence electrons. The number of carbonyl (C=O) groups is 2. The zero-order chi connectivity index (χ0) is 12.8. The van der Waals surface area contributed by atoms with Gasteiger partial charge in [-0.3, -0.25) is 9.69 Å². The summed E-state index contributed by atoms with van der Waals surface area (Å²) < 4.78 is 5.13. The van der Waals surface area contributed by atoms with Crippen molar-refractivity contribution >= 4 is 12.2 Å². The summed E-state index contributed by atoms with van der Waals surface area (Å²) in [4.78, 5) is 24.5. The Labute approximate surface area is 106 Å². The molecule has 1 unspecified atom stereocenters. The van der Waals surface area contributed by atoms with Gasteiger partial charge in [0.2, 0.25) is 5.91 Å². The number of nitrogens with one attached hydrogen (secondary N) is 1. The van der Waals surface area contributed by atoms with E-state index in [1.54, 1.807) is 12.3 Å². The summed E-state index contributed by atoms with van der Waals surface area (Å²) in [6, 6.07) is 3.62. The van der Waals surface area contributed by atoms with Crippen molar-refractivity contribution in [1.29, 1.82) is 0 Å². The lowest BCUT2D eigenvalue weighted by atomic mass is 10.00. The summed E-state index contributed by atoms with van der Waals surface area (Å²) in [7, 11) is 0. The van der Waals surface area contributed by atoms with Crippen LogP contribution in [0.4, 0.5) is 0 Å². The van der Waals surface area contributed by atoms with Crippen molar-refractivity contribution in [3.8, 4) is 0 Å². The van der Waals surface area contributed by atoms with Crippen molar-refractivity contribution in [1.82, 2.24) is 10.2 Å². The van der Waals surface area contributed by atoms with Gasteiger partial charge in [0.25, 0.3) is 0 Å². The average molecular weight is 250 g/mol. The van der Waals surface area contributed by atoms with Gasteiger partial charge in [-0.2, -0.15) is 0 Å². The molecule has 1 atom stereocenters. The first kappa shape index (κ1) is 12.8. The van der Waals surface area contributed by atoms with Crippen LogP contribution in [-0.4, -0.2) is 36.7 Å². The Bertz CT molecular complexity index is 389. The second kappa shape index (κ2) is 6.35. The second-order valence-electron chi connectivity index (χ2n) is 4.63. The molecule has 5 nitrogen and oxygen atoms in total. The maximum absolute atomic E-state index is 11.7. The van der Waals surface area contributed by atoms with E-state index in [4.69, 9.17) is 4.42 Å². The second-order valence-corrected chi connectivity index (χ2v) is 4.63. The molecule has 18 heavy (non-hydrogen) atoms. The van der Waals surface area contributed by atoms with Gasteiger partial charge in [0.05, 0.1) is 19.4 Å². The van der Waals surface area contributed by atoms with E-state index in [9.17, 15) is 9.59 Å². The largest absolute Gasteiger partial charge is 0.467 e. The fraction of sp³-hybridized carbons (Fsp3) is 0.538. The molecule has 0 saturated carbocycles. The normalized spacial score (nSPS) is 20.6. The highest BCUT2D eigenvalue weighted by molar-refractivity contribution is 5.78. The average Bonchev–Trinajstić information content (AvgIpc) is 2.90. The molecule has 1 amide bonds. The molecule has 0 aliphatic carbocycles. The summed E-state index contributed by atoms with van der Waals surface area (Å²) in [5, 5.41) is 2.80. The predicted molar refractivity (Wildman–Crippen MR) is 65.8 cm³/mol. The van der Waals surface area contributed by atoms with E-state index < -0.39 is 0 Å². The van der Waals surface area contributed by atoms with Gasteiger partial charge in [-0.05, 0) is 31.5 Å². The Morgan fingerprint density at radius 3 is 3.22 bits per heavy atom. The zero-order valence-electron chi connectivity index (χ0n) is 10.3. The number of amides is 1. The van der Waals surface area contributed by atoms with E-state index in [0.29, 0.717) is 19.6 Å².